The van der Waals surface area contributed by atoms with Gasteiger partial charge in [-0.15, -0.1) is 0 Å². The highest BCUT2D eigenvalue weighted by Gasteiger charge is 2.31. The quantitative estimate of drug-likeness (QED) is 0.681. The Kier molecular flexibility index (Phi) is 6.37. The Balaban J connectivity index is 1.52. The Bertz CT molecular complexity index is 1220. The van der Waals surface area contributed by atoms with Crippen LogP contribution in [0.2, 0.25) is 0 Å². The van der Waals surface area contributed by atoms with Gasteiger partial charge < -0.3 is 5.32 Å². The van der Waals surface area contributed by atoms with Crippen LogP contribution < -0.4 is 5.32 Å². The standard InChI is InChI=1S/C22H25FN2O5S2/c23-20-12-7-16(15-21(20)32(29,30)25-13-3-4-14-25)22(26)24-17-8-10-19(11-9-17)31(27,28)18-5-1-2-6-18/h7-12,15,18H,1-6,13-14H2,(H,24,26). The lowest BCUT2D eigenvalue weighted by Crippen LogP contribution is -2.29. The highest BCUT2D eigenvalue weighted by molar-refractivity contribution is 7.92. The highest BCUT2D eigenvalue weighted by Crippen LogP contribution is 2.30. The molecule has 10 heteroatoms. The first-order valence-electron chi connectivity index (χ1n) is 10.6. The minimum Gasteiger partial charge on any atom is -0.322 e. The second-order valence-electron chi connectivity index (χ2n) is 8.19. The number of hydrogen-bond acceptors (Lipinski definition) is 5. The predicted molar refractivity (Wildman–Crippen MR) is 118 cm³/mol. The van der Waals surface area contributed by atoms with Crippen molar-refractivity contribution in [2.24, 2.45) is 0 Å². The van der Waals surface area contributed by atoms with Crippen molar-refractivity contribution >= 4 is 31.5 Å². The molecule has 32 heavy (non-hydrogen) atoms. The summed E-state index contributed by atoms with van der Waals surface area (Å²) in [4.78, 5) is 12.3. The van der Waals surface area contributed by atoms with E-state index >= 15 is 0 Å². The Morgan fingerprint density at radius 3 is 2.16 bits per heavy atom. The Morgan fingerprint density at radius 1 is 0.906 bits per heavy atom. The van der Waals surface area contributed by atoms with Crippen molar-refractivity contribution in [2.75, 3.05) is 18.4 Å². The maximum Gasteiger partial charge on any atom is 0.255 e. The summed E-state index contributed by atoms with van der Waals surface area (Å²) < 4.78 is 66.3. The van der Waals surface area contributed by atoms with Crippen LogP contribution in [0, 0.1) is 5.82 Å². The van der Waals surface area contributed by atoms with Gasteiger partial charge in [0.2, 0.25) is 10.0 Å². The van der Waals surface area contributed by atoms with Gasteiger partial charge >= 0.3 is 0 Å². The molecular formula is C22H25FN2O5S2. The molecule has 2 fully saturated rings. The molecule has 1 heterocycles. The topological polar surface area (TPSA) is 101 Å². The van der Waals surface area contributed by atoms with Crippen LogP contribution in [0.25, 0.3) is 0 Å². The van der Waals surface area contributed by atoms with Gasteiger partial charge in [-0.25, -0.2) is 21.2 Å². The van der Waals surface area contributed by atoms with Crippen LogP contribution in [0.4, 0.5) is 10.1 Å². The maximum atomic E-state index is 14.3. The molecule has 7 nitrogen and oxygen atoms in total. The molecule has 1 aliphatic heterocycles. The van der Waals surface area contributed by atoms with Gasteiger partial charge in [0.05, 0.1) is 10.1 Å². The van der Waals surface area contributed by atoms with Gasteiger partial charge in [-0.1, -0.05) is 12.8 Å². The van der Waals surface area contributed by atoms with E-state index in [4.69, 9.17) is 0 Å². The Hall–Kier alpha value is -2.30. The van der Waals surface area contributed by atoms with Crippen molar-refractivity contribution < 1.29 is 26.0 Å². The maximum absolute atomic E-state index is 14.3. The zero-order chi connectivity index (χ0) is 22.9. The number of amides is 1. The molecule has 1 saturated heterocycles. The van der Waals surface area contributed by atoms with Gasteiger partial charge in [-0.05, 0) is 68.1 Å². The van der Waals surface area contributed by atoms with E-state index in [2.05, 4.69) is 5.32 Å². The van der Waals surface area contributed by atoms with Crippen molar-refractivity contribution in [1.82, 2.24) is 4.31 Å². The molecular weight excluding hydrogens is 455 g/mol. The second kappa shape index (κ2) is 8.92. The van der Waals surface area contributed by atoms with Crippen molar-refractivity contribution in [2.45, 2.75) is 53.6 Å². The molecule has 0 unspecified atom stereocenters. The molecule has 0 bridgehead atoms. The van der Waals surface area contributed by atoms with Crippen molar-refractivity contribution in [3.8, 4) is 0 Å². The lowest BCUT2D eigenvalue weighted by atomic mass is 10.2. The number of carbonyl (C=O) groups is 1. The molecule has 4 rings (SSSR count). The summed E-state index contributed by atoms with van der Waals surface area (Å²) >= 11 is 0. The van der Waals surface area contributed by atoms with Crippen LogP contribution in [0.3, 0.4) is 0 Å². The summed E-state index contributed by atoms with van der Waals surface area (Å²) in [7, 11) is -7.41. The average molecular weight is 481 g/mol. The predicted octanol–water partition coefficient (Wildman–Crippen LogP) is 3.58. The summed E-state index contributed by atoms with van der Waals surface area (Å²) in [5.74, 6) is -1.52. The molecule has 1 N–H and O–H groups in total. The number of benzene rings is 2. The number of nitrogens with one attached hydrogen (secondary N) is 1. The number of sulfone groups is 1. The van der Waals surface area contributed by atoms with Crippen LogP contribution in [-0.4, -0.2) is 45.4 Å². The number of carbonyl (C=O) groups excluding carboxylic acids is 1. The number of sulfonamides is 1. The van der Waals surface area contributed by atoms with Crippen molar-refractivity contribution in [3.63, 3.8) is 0 Å². The molecule has 1 amide bonds. The van der Waals surface area contributed by atoms with E-state index in [0.29, 0.717) is 44.5 Å². The summed E-state index contributed by atoms with van der Waals surface area (Å²) in [6, 6.07) is 9.11. The number of hydrogen-bond donors (Lipinski definition) is 1. The zero-order valence-corrected chi connectivity index (χ0v) is 19.1. The average Bonchev–Trinajstić information content (AvgIpc) is 3.49. The first-order valence-corrected chi connectivity index (χ1v) is 13.6. The Labute approximate surface area is 187 Å². The minimum atomic E-state index is -4.02. The van der Waals surface area contributed by atoms with E-state index in [1.54, 1.807) is 0 Å². The summed E-state index contributed by atoms with van der Waals surface area (Å²) in [6.45, 7) is 0.655. The third-order valence-electron chi connectivity index (χ3n) is 6.06. The second-order valence-corrected chi connectivity index (χ2v) is 12.3. The van der Waals surface area contributed by atoms with Gasteiger partial charge in [-0.3, -0.25) is 4.79 Å². The van der Waals surface area contributed by atoms with E-state index in [1.807, 2.05) is 0 Å². The summed E-state index contributed by atoms with van der Waals surface area (Å²) in [5, 5.41) is 2.25. The van der Waals surface area contributed by atoms with E-state index in [0.717, 1.165) is 25.0 Å². The van der Waals surface area contributed by atoms with Crippen LogP contribution in [0.15, 0.2) is 52.3 Å². The van der Waals surface area contributed by atoms with Crippen LogP contribution in [0.5, 0.6) is 0 Å². The number of rotatable bonds is 6. The molecule has 0 spiro atoms. The van der Waals surface area contributed by atoms with Gasteiger partial charge in [0.15, 0.2) is 9.84 Å². The minimum absolute atomic E-state index is 0.00757. The SMILES string of the molecule is O=C(Nc1ccc(S(=O)(=O)C2CCCC2)cc1)c1ccc(F)c(S(=O)(=O)N2CCCC2)c1. The molecule has 1 saturated carbocycles. The normalized spacial score (nSPS) is 18.2. The highest BCUT2D eigenvalue weighted by atomic mass is 32.2. The van der Waals surface area contributed by atoms with Crippen LogP contribution in [-0.2, 0) is 19.9 Å². The first kappa shape index (κ1) is 22.9. The monoisotopic (exact) mass is 480 g/mol. The van der Waals surface area contributed by atoms with Gasteiger partial charge in [0.25, 0.3) is 5.91 Å². The fraction of sp³-hybridized carbons (Fsp3) is 0.409. The number of anilines is 1. The van der Waals surface area contributed by atoms with Crippen LogP contribution in [0.1, 0.15) is 48.9 Å². The number of halogens is 1. The fourth-order valence-corrected chi connectivity index (χ4v) is 7.69. The van der Waals surface area contributed by atoms with E-state index < -0.39 is 36.5 Å². The lowest BCUT2D eigenvalue weighted by Gasteiger charge is -2.16. The van der Waals surface area contributed by atoms with E-state index in [9.17, 15) is 26.0 Å². The lowest BCUT2D eigenvalue weighted by molar-refractivity contribution is 0.102. The number of nitrogens with zero attached hydrogens (tertiary/aromatic N) is 1. The van der Waals surface area contributed by atoms with E-state index in [1.165, 1.54) is 34.6 Å². The molecule has 2 aromatic rings. The summed E-state index contributed by atoms with van der Waals surface area (Å²) in [5.41, 5.74) is 0.348. The molecule has 1 aliphatic carbocycles. The molecule has 172 valence electrons. The van der Waals surface area contributed by atoms with Crippen LogP contribution >= 0.6 is 0 Å². The molecule has 2 aliphatic rings. The van der Waals surface area contributed by atoms with Gasteiger partial charge in [-0.2, -0.15) is 4.31 Å². The van der Waals surface area contributed by atoms with Gasteiger partial charge in [0, 0.05) is 24.3 Å². The first-order chi connectivity index (χ1) is 15.2. The molecule has 0 atom stereocenters. The smallest absolute Gasteiger partial charge is 0.255 e. The molecule has 0 aromatic heterocycles. The van der Waals surface area contributed by atoms with E-state index in [-0.39, 0.29) is 15.7 Å². The van der Waals surface area contributed by atoms with Gasteiger partial charge in [0.1, 0.15) is 10.7 Å². The molecule has 2 aromatic carbocycles. The zero-order valence-electron chi connectivity index (χ0n) is 17.5. The largest absolute Gasteiger partial charge is 0.322 e. The molecule has 0 radical (unpaired) electrons. The Morgan fingerprint density at radius 2 is 1.53 bits per heavy atom. The third-order valence-corrected chi connectivity index (χ3v) is 10.2. The fourth-order valence-electron chi connectivity index (χ4n) is 4.23. The summed E-state index contributed by atoms with van der Waals surface area (Å²) in [6.07, 6.45) is 4.57. The van der Waals surface area contributed by atoms with Crippen molar-refractivity contribution in [1.29, 1.82) is 0 Å². The van der Waals surface area contributed by atoms with Crippen molar-refractivity contribution in [3.05, 3.63) is 53.8 Å². The third kappa shape index (κ3) is 4.44.